The molecule has 0 aliphatic carbocycles. The SMILES string of the molecule is Cc1cc(/C=N\NC(=O)CSc2ccccc2)c(C)n1-c1ccccc1Cl. The van der Waals surface area contributed by atoms with Gasteiger partial charge in [0.25, 0.3) is 0 Å². The van der Waals surface area contributed by atoms with Crippen LogP contribution in [0.1, 0.15) is 17.0 Å². The van der Waals surface area contributed by atoms with Crippen molar-refractivity contribution in [1.29, 1.82) is 0 Å². The Hall–Kier alpha value is -2.50. The van der Waals surface area contributed by atoms with E-state index in [1.807, 2.05) is 74.5 Å². The number of thioether (sulfide) groups is 1. The van der Waals surface area contributed by atoms with Crippen molar-refractivity contribution in [3.8, 4) is 5.69 Å². The Kier molecular flexibility index (Phi) is 6.37. The van der Waals surface area contributed by atoms with Gasteiger partial charge in [-0.15, -0.1) is 11.8 Å². The van der Waals surface area contributed by atoms with Gasteiger partial charge in [0.15, 0.2) is 0 Å². The first kappa shape index (κ1) is 19.3. The Morgan fingerprint density at radius 1 is 1.15 bits per heavy atom. The molecule has 27 heavy (non-hydrogen) atoms. The van der Waals surface area contributed by atoms with Crippen molar-refractivity contribution in [2.24, 2.45) is 5.10 Å². The molecular formula is C21H20ClN3OS. The number of carbonyl (C=O) groups is 1. The third kappa shape index (κ3) is 4.81. The quantitative estimate of drug-likeness (QED) is 0.362. The minimum absolute atomic E-state index is 0.139. The summed E-state index contributed by atoms with van der Waals surface area (Å²) in [7, 11) is 0. The van der Waals surface area contributed by atoms with E-state index in [4.69, 9.17) is 11.6 Å². The molecule has 2 aromatic carbocycles. The summed E-state index contributed by atoms with van der Waals surface area (Å²) < 4.78 is 2.08. The predicted molar refractivity (Wildman–Crippen MR) is 113 cm³/mol. The molecule has 1 amide bonds. The number of nitrogens with zero attached hydrogens (tertiary/aromatic N) is 2. The fourth-order valence-electron chi connectivity index (χ4n) is 2.79. The van der Waals surface area contributed by atoms with E-state index in [-0.39, 0.29) is 5.91 Å². The highest BCUT2D eigenvalue weighted by molar-refractivity contribution is 8.00. The number of para-hydroxylation sites is 1. The van der Waals surface area contributed by atoms with Gasteiger partial charge in [0, 0.05) is 21.8 Å². The van der Waals surface area contributed by atoms with Crippen LogP contribution in [0.5, 0.6) is 0 Å². The number of benzene rings is 2. The predicted octanol–water partition coefficient (Wildman–Crippen LogP) is 4.99. The second-order valence-electron chi connectivity index (χ2n) is 6.01. The smallest absolute Gasteiger partial charge is 0.250 e. The Balaban J connectivity index is 1.65. The number of carbonyl (C=O) groups excluding carboxylic acids is 1. The molecule has 6 heteroatoms. The van der Waals surface area contributed by atoms with Crippen molar-refractivity contribution in [3.63, 3.8) is 0 Å². The summed E-state index contributed by atoms with van der Waals surface area (Å²) in [5, 5.41) is 4.79. The molecule has 3 rings (SSSR count). The third-order valence-electron chi connectivity index (χ3n) is 4.07. The Bertz CT molecular complexity index is 967. The minimum Gasteiger partial charge on any atom is -0.316 e. The zero-order chi connectivity index (χ0) is 19.2. The highest BCUT2D eigenvalue weighted by Crippen LogP contribution is 2.25. The van der Waals surface area contributed by atoms with Gasteiger partial charge < -0.3 is 4.57 Å². The lowest BCUT2D eigenvalue weighted by atomic mass is 10.2. The van der Waals surface area contributed by atoms with Crippen molar-refractivity contribution in [1.82, 2.24) is 9.99 Å². The van der Waals surface area contributed by atoms with Crippen molar-refractivity contribution in [3.05, 3.63) is 82.6 Å². The lowest BCUT2D eigenvalue weighted by Gasteiger charge is -2.11. The van der Waals surface area contributed by atoms with Crippen LogP contribution in [0, 0.1) is 13.8 Å². The monoisotopic (exact) mass is 397 g/mol. The summed E-state index contributed by atoms with van der Waals surface area (Å²) in [6.07, 6.45) is 1.67. The fourth-order valence-corrected chi connectivity index (χ4v) is 3.73. The Labute approximate surface area is 168 Å². The number of hydrazone groups is 1. The standard InChI is InChI=1S/C21H20ClN3OS/c1-15-12-17(16(2)25(15)20-11-7-6-10-19(20)22)13-23-24-21(26)14-27-18-8-4-3-5-9-18/h3-13H,14H2,1-2H3,(H,24,26)/b23-13-. The van der Waals surface area contributed by atoms with E-state index in [0.717, 1.165) is 27.5 Å². The molecule has 138 valence electrons. The first-order valence-electron chi connectivity index (χ1n) is 8.50. The van der Waals surface area contributed by atoms with Gasteiger partial charge in [-0.3, -0.25) is 4.79 Å². The van der Waals surface area contributed by atoms with Gasteiger partial charge in [0.05, 0.1) is 22.7 Å². The van der Waals surface area contributed by atoms with Crippen molar-refractivity contribution < 1.29 is 4.79 Å². The maximum absolute atomic E-state index is 12.0. The molecule has 0 aliphatic heterocycles. The molecule has 0 bridgehead atoms. The topological polar surface area (TPSA) is 46.4 Å². The van der Waals surface area contributed by atoms with Crippen LogP contribution in [0.25, 0.3) is 5.69 Å². The van der Waals surface area contributed by atoms with Crippen LogP contribution in [0.15, 0.2) is 70.7 Å². The summed E-state index contributed by atoms with van der Waals surface area (Å²) in [6.45, 7) is 4.02. The number of rotatable bonds is 6. The number of hydrogen-bond donors (Lipinski definition) is 1. The summed E-state index contributed by atoms with van der Waals surface area (Å²) in [5.41, 5.74) is 6.50. The molecule has 1 N–H and O–H groups in total. The van der Waals surface area contributed by atoms with Crippen molar-refractivity contribution in [2.45, 2.75) is 18.7 Å². The zero-order valence-corrected chi connectivity index (χ0v) is 16.7. The molecule has 1 heterocycles. The number of hydrogen-bond acceptors (Lipinski definition) is 3. The lowest BCUT2D eigenvalue weighted by molar-refractivity contribution is -0.118. The summed E-state index contributed by atoms with van der Waals surface area (Å²) in [5.74, 6) is 0.181. The van der Waals surface area contributed by atoms with Gasteiger partial charge >= 0.3 is 0 Å². The average molecular weight is 398 g/mol. The molecule has 0 atom stereocenters. The zero-order valence-electron chi connectivity index (χ0n) is 15.1. The van der Waals surface area contributed by atoms with Gasteiger partial charge in [0.2, 0.25) is 5.91 Å². The molecule has 0 radical (unpaired) electrons. The van der Waals surface area contributed by atoms with Gasteiger partial charge in [-0.1, -0.05) is 41.9 Å². The van der Waals surface area contributed by atoms with E-state index in [2.05, 4.69) is 15.1 Å². The van der Waals surface area contributed by atoms with Crippen LogP contribution >= 0.6 is 23.4 Å². The first-order valence-corrected chi connectivity index (χ1v) is 9.86. The summed E-state index contributed by atoms with van der Waals surface area (Å²) in [6, 6.07) is 19.5. The maximum Gasteiger partial charge on any atom is 0.250 e. The third-order valence-corrected chi connectivity index (χ3v) is 5.40. The minimum atomic E-state index is -0.139. The molecule has 0 spiro atoms. The summed E-state index contributed by atoms with van der Waals surface area (Å²) in [4.78, 5) is 13.0. The van der Waals surface area contributed by atoms with E-state index in [1.54, 1.807) is 6.21 Å². The van der Waals surface area contributed by atoms with Crippen LogP contribution in [0.4, 0.5) is 0 Å². The van der Waals surface area contributed by atoms with Gasteiger partial charge in [-0.05, 0) is 44.2 Å². The first-order chi connectivity index (χ1) is 13.1. The molecule has 0 aliphatic rings. The van der Waals surface area contributed by atoms with Crippen LogP contribution in [-0.2, 0) is 4.79 Å². The molecule has 0 saturated heterocycles. The van der Waals surface area contributed by atoms with Gasteiger partial charge in [-0.2, -0.15) is 5.10 Å². The second-order valence-corrected chi connectivity index (χ2v) is 7.46. The Morgan fingerprint density at radius 2 is 1.85 bits per heavy atom. The van der Waals surface area contributed by atoms with Crippen LogP contribution in [0.3, 0.4) is 0 Å². The van der Waals surface area contributed by atoms with Gasteiger partial charge in [-0.25, -0.2) is 5.43 Å². The van der Waals surface area contributed by atoms with Crippen molar-refractivity contribution in [2.75, 3.05) is 5.75 Å². The van der Waals surface area contributed by atoms with Crippen molar-refractivity contribution >= 4 is 35.5 Å². The molecule has 0 saturated carbocycles. The normalized spacial score (nSPS) is 11.1. The average Bonchev–Trinajstić information content (AvgIpc) is 2.95. The molecular weight excluding hydrogens is 378 g/mol. The molecule has 3 aromatic rings. The molecule has 1 aromatic heterocycles. The number of aromatic nitrogens is 1. The highest BCUT2D eigenvalue weighted by atomic mass is 35.5. The molecule has 0 fully saturated rings. The van der Waals surface area contributed by atoms with Crippen LogP contribution in [-0.4, -0.2) is 22.4 Å². The number of nitrogens with one attached hydrogen (secondary N) is 1. The van der Waals surface area contributed by atoms with E-state index >= 15 is 0 Å². The van der Waals surface area contributed by atoms with E-state index < -0.39 is 0 Å². The van der Waals surface area contributed by atoms with Crippen LogP contribution in [0.2, 0.25) is 5.02 Å². The number of aryl methyl sites for hydroxylation is 1. The fraction of sp³-hybridized carbons (Fsp3) is 0.143. The highest BCUT2D eigenvalue weighted by Gasteiger charge is 2.11. The number of amides is 1. The van der Waals surface area contributed by atoms with E-state index in [9.17, 15) is 4.79 Å². The Morgan fingerprint density at radius 3 is 2.59 bits per heavy atom. The molecule has 0 unspecified atom stereocenters. The second kappa shape index (κ2) is 8.93. The molecule has 4 nitrogen and oxygen atoms in total. The van der Waals surface area contributed by atoms with Gasteiger partial charge in [0.1, 0.15) is 0 Å². The maximum atomic E-state index is 12.0. The lowest BCUT2D eigenvalue weighted by Crippen LogP contribution is -2.19. The number of halogens is 1. The largest absolute Gasteiger partial charge is 0.316 e. The summed E-state index contributed by atoms with van der Waals surface area (Å²) >= 11 is 7.81. The van der Waals surface area contributed by atoms with Crippen LogP contribution < -0.4 is 5.43 Å². The van der Waals surface area contributed by atoms with E-state index in [0.29, 0.717) is 10.8 Å². The van der Waals surface area contributed by atoms with E-state index in [1.165, 1.54) is 11.8 Å².